The second-order valence-electron chi connectivity index (χ2n) is 8.77. The van der Waals surface area contributed by atoms with Gasteiger partial charge in [0.1, 0.15) is 16.0 Å². The van der Waals surface area contributed by atoms with Crippen LogP contribution < -0.4 is 0 Å². The van der Waals surface area contributed by atoms with Crippen LogP contribution in [0.1, 0.15) is 37.9 Å². The number of para-hydroxylation sites is 1. The first-order chi connectivity index (χ1) is 13.2. The molecule has 1 atom stereocenters. The number of fused-ring (bicyclic) bond motifs is 1. The largest absolute Gasteiger partial charge is 0.457 e. The smallest absolute Gasteiger partial charge is 0.262 e. The van der Waals surface area contributed by atoms with E-state index in [2.05, 4.69) is 4.90 Å². The van der Waals surface area contributed by atoms with Gasteiger partial charge in [-0.15, -0.1) is 12.6 Å². The molecule has 4 bridgehead atoms. The van der Waals surface area contributed by atoms with Gasteiger partial charge >= 0.3 is 0 Å². The van der Waals surface area contributed by atoms with Crippen molar-refractivity contribution in [3.8, 4) is 0 Å². The standard InChI is InChI=1S/C22H23NO2S2/c24-21-19(11-17-10-14-3-1-2-4-18(14)25-17)27-22(26)23(21)20-15-6-12-5-13(8-15)9-16(20)7-12/h1-4,10-13,15-16,20,22,26H,5-9H2/b19-11-. The van der Waals surface area contributed by atoms with Gasteiger partial charge in [0.25, 0.3) is 5.91 Å². The van der Waals surface area contributed by atoms with Crippen LogP contribution in [0.2, 0.25) is 0 Å². The molecule has 5 heteroatoms. The van der Waals surface area contributed by atoms with E-state index in [9.17, 15) is 4.79 Å². The van der Waals surface area contributed by atoms with E-state index in [0.717, 1.165) is 33.5 Å². The van der Waals surface area contributed by atoms with Gasteiger partial charge < -0.3 is 9.32 Å². The Morgan fingerprint density at radius 2 is 1.78 bits per heavy atom. The quantitative estimate of drug-likeness (QED) is 0.545. The summed E-state index contributed by atoms with van der Waals surface area (Å²) in [5, 5.41) is 1.07. The van der Waals surface area contributed by atoms with Gasteiger partial charge in [-0.05, 0) is 67.9 Å². The van der Waals surface area contributed by atoms with Crippen LogP contribution in [-0.2, 0) is 4.79 Å². The zero-order chi connectivity index (χ0) is 18.1. The number of hydrogen-bond donors (Lipinski definition) is 1. The van der Waals surface area contributed by atoms with E-state index in [0.29, 0.717) is 17.9 Å². The van der Waals surface area contributed by atoms with Crippen LogP contribution in [0.15, 0.2) is 39.7 Å². The molecule has 1 unspecified atom stereocenters. The lowest BCUT2D eigenvalue weighted by atomic mass is 9.54. The first-order valence-electron chi connectivity index (χ1n) is 10.0. The van der Waals surface area contributed by atoms with Gasteiger partial charge in [0, 0.05) is 17.5 Å². The molecule has 5 aliphatic rings. The molecular formula is C22H23NO2S2. The molecule has 0 spiro atoms. The number of hydrogen-bond acceptors (Lipinski definition) is 4. The van der Waals surface area contributed by atoms with Crippen LogP contribution in [-0.4, -0.2) is 21.6 Å². The zero-order valence-corrected chi connectivity index (χ0v) is 16.8. The normalized spacial score (nSPS) is 39.2. The Bertz CT molecular complexity index is 888. The van der Waals surface area contributed by atoms with Crippen LogP contribution in [0.3, 0.4) is 0 Å². The predicted octanol–water partition coefficient (Wildman–Crippen LogP) is 5.39. The predicted molar refractivity (Wildman–Crippen MR) is 112 cm³/mol. The Morgan fingerprint density at radius 1 is 1.07 bits per heavy atom. The fourth-order valence-corrected chi connectivity index (χ4v) is 7.95. The number of benzene rings is 1. The molecule has 1 aliphatic heterocycles. The molecule has 3 nitrogen and oxygen atoms in total. The lowest BCUT2D eigenvalue weighted by molar-refractivity contribution is -0.136. The summed E-state index contributed by atoms with van der Waals surface area (Å²) in [6.45, 7) is 0. The maximum atomic E-state index is 13.3. The van der Waals surface area contributed by atoms with Crippen LogP contribution >= 0.6 is 24.4 Å². The highest BCUT2D eigenvalue weighted by atomic mass is 32.2. The van der Waals surface area contributed by atoms with E-state index in [1.165, 1.54) is 32.1 Å². The second-order valence-corrected chi connectivity index (χ2v) is 10.7. The Balaban J connectivity index is 1.30. The summed E-state index contributed by atoms with van der Waals surface area (Å²) in [5.41, 5.74) is 0.861. The van der Waals surface area contributed by atoms with Gasteiger partial charge in [0.05, 0.1) is 4.91 Å². The molecule has 4 aliphatic carbocycles. The van der Waals surface area contributed by atoms with E-state index < -0.39 is 0 Å². The van der Waals surface area contributed by atoms with Crippen molar-refractivity contribution < 1.29 is 9.21 Å². The summed E-state index contributed by atoms with van der Waals surface area (Å²) in [5.74, 6) is 4.10. The van der Waals surface area contributed by atoms with Crippen LogP contribution in [0.25, 0.3) is 17.0 Å². The highest BCUT2D eigenvalue weighted by Crippen LogP contribution is 2.57. The van der Waals surface area contributed by atoms with Crippen molar-refractivity contribution in [1.29, 1.82) is 0 Å². The van der Waals surface area contributed by atoms with E-state index >= 15 is 0 Å². The maximum Gasteiger partial charge on any atom is 0.262 e. The fraction of sp³-hybridized carbons (Fsp3) is 0.500. The lowest BCUT2D eigenvalue weighted by Crippen LogP contribution is -2.57. The Labute approximate surface area is 169 Å². The number of rotatable bonds is 2. The SMILES string of the molecule is O=C1/C(=C/c2cc3ccccc3o2)SC(S)N1C1C2CC3CC(C2)CC1C3. The number of thiol groups is 1. The summed E-state index contributed by atoms with van der Waals surface area (Å²) >= 11 is 6.38. The average molecular weight is 398 g/mol. The van der Waals surface area contributed by atoms with Crippen molar-refractivity contribution in [2.24, 2.45) is 23.7 Å². The van der Waals surface area contributed by atoms with E-state index in [1.807, 2.05) is 36.4 Å². The van der Waals surface area contributed by atoms with E-state index in [1.54, 1.807) is 11.8 Å². The molecule has 4 saturated carbocycles. The molecule has 0 radical (unpaired) electrons. The Morgan fingerprint density at radius 3 is 2.48 bits per heavy atom. The molecule has 7 rings (SSSR count). The molecule has 1 aromatic carbocycles. The molecule has 1 amide bonds. The molecule has 140 valence electrons. The van der Waals surface area contributed by atoms with E-state index in [-0.39, 0.29) is 10.6 Å². The zero-order valence-electron chi connectivity index (χ0n) is 15.1. The minimum atomic E-state index is -0.0735. The van der Waals surface area contributed by atoms with E-state index in [4.69, 9.17) is 17.0 Å². The number of furan rings is 1. The molecule has 2 aromatic rings. The molecule has 27 heavy (non-hydrogen) atoms. The first kappa shape index (κ1) is 16.6. The summed E-state index contributed by atoms with van der Waals surface area (Å²) in [6.07, 6.45) is 8.60. The molecular weight excluding hydrogens is 374 g/mol. The van der Waals surface area contributed by atoms with Crippen molar-refractivity contribution in [1.82, 2.24) is 4.90 Å². The second kappa shape index (κ2) is 6.08. The van der Waals surface area contributed by atoms with Gasteiger partial charge in [-0.3, -0.25) is 4.79 Å². The van der Waals surface area contributed by atoms with Crippen molar-refractivity contribution in [2.75, 3.05) is 0 Å². The summed E-state index contributed by atoms with van der Waals surface area (Å²) < 4.78 is 5.83. The van der Waals surface area contributed by atoms with Gasteiger partial charge in [0.2, 0.25) is 0 Å². The highest BCUT2D eigenvalue weighted by molar-refractivity contribution is 8.14. The van der Waals surface area contributed by atoms with Crippen LogP contribution in [0, 0.1) is 23.7 Å². The number of thioether (sulfide) groups is 1. The number of nitrogens with zero attached hydrogens (tertiary/aromatic N) is 1. The lowest BCUT2D eigenvalue weighted by Gasteiger charge is -2.56. The van der Waals surface area contributed by atoms with Gasteiger partial charge in [-0.2, -0.15) is 0 Å². The van der Waals surface area contributed by atoms with Crippen LogP contribution in [0.4, 0.5) is 0 Å². The number of amides is 1. The average Bonchev–Trinajstić information content (AvgIpc) is 3.16. The monoisotopic (exact) mass is 397 g/mol. The van der Waals surface area contributed by atoms with Crippen molar-refractivity contribution in [3.05, 3.63) is 41.0 Å². The Hall–Kier alpha value is -1.33. The third-order valence-electron chi connectivity index (χ3n) is 7.13. The third kappa shape index (κ3) is 2.61. The Kier molecular flexibility index (Phi) is 3.74. The van der Waals surface area contributed by atoms with Crippen molar-refractivity contribution in [3.63, 3.8) is 0 Å². The van der Waals surface area contributed by atoms with Gasteiger partial charge in [0.15, 0.2) is 0 Å². The molecule has 1 aromatic heterocycles. The van der Waals surface area contributed by atoms with Gasteiger partial charge in [-0.25, -0.2) is 0 Å². The highest BCUT2D eigenvalue weighted by Gasteiger charge is 2.53. The minimum Gasteiger partial charge on any atom is -0.457 e. The third-order valence-corrected chi connectivity index (χ3v) is 8.68. The summed E-state index contributed by atoms with van der Waals surface area (Å²) in [7, 11) is 0. The molecule has 2 heterocycles. The van der Waals surface area contributed by atoms with Crippen molar-refractivity contribution >= 4 is 47.3 Å². The van der Waals surface area contributed by atoms with Crippen LogP contribution in [0.5, 0.6) is 0 Å². The number of carbonyl (C=O) groups is 1. The molecule has 1 saturated heterocycles. The van der Waals surface area contributed by atoms with Crippen molar-refractivity contribution in [2.45, 2.75) is 42.9 Å². The maximum absolute atomic E-state index is 13.3. The van der Waals surface area contributed by atoms with Gasteiger partial charge in [-0.1, -0.05) is 30.0 Å². The minimum absolute atomic E-state index is 0.0735. The molecule has 0 N–H and O–H groups in total. The topological polar surface area (TPSA) is 33.5 Å². The molecule has 5 fully saturated rings. The summed E-state index contributed by atoms with van der Waals surface area (Å²) in [6, 6.07) is 10.4. The first-order valence-corrected chi connectivity index (χ1v) is 11.4. The number of carbonyl (C=O) groups excluding carboxylic acids is 1. The fourth-order valence-electron chi connectivity index (χ4n) is 6.38. The summed E-state index contributed by atoms with van der Waals surface area (Å²) in [4.78, 5) is 16.2.